The summed E-state index contributed by atoms with van der Waals surface area (Å²) in [5, 5.41) is 14.3. The minimum absolute atomic E-state index is 0.0188. The summed E-state index contributed by atoms with van der Waals surface area (Å²) in [7, 11) is 0. The van der Waals surface area contributed by atoms with Gasteiger partial charge in [-0.1, -0.05) is 17.4 Å². The maximum Gasteiger partial charge on any atom is 0.324 e. The minimum Gasteiger partial charge on any atom is -0.483 e. The Morgan fingerprint density at radius 1 is 1.48 bits per heavy atom. The number of hydrogen-bond acceptors (Lipinski definition) is 6. The van der Waals surface area contributed by atoms with Crippen molar-refractivity contribution in [1.29, 1.82) is 0 Å². The summed E-state index contributed by atoms with van der Waals surface area (Å²) >= 11 is 4.32. The van der Waals surface area contributed by atoms with Gasteiger partial charge in [-0.05, 0) is 46.6 Å². The van der Waals surface area contributed by atoms with E-state index in [0.29, 0.717) is 10.6 Å². The molecule has 23 heavy (non-hydrogen) atoms. The number of thiophene rings is 1. The molecule has 0 aliphatic rings. The Labute approximate surface area is 144 Å². The first-order valence-electron chi connectivity index (χ1n) is 6.41. The van der Waals surface area contributed by atoms with Gasteiger partial charge in [-0.25, -0.2) is 5.43 Å². The lowest BCUT2D eigenvalue weighted by Crippen LogP contribution is -2.24. The average molecular weight is 398 g/mol. The molecule has 0 saturated heterocycles. The molecule has 7 nitrogen and oxygen atoms in total. The SMILES string of the molecule is Cc1ccc(OCC(=O)N/N=C/c2ccc([N+](=O)[O-])s2)c(Br)c1. The molecule has 0 fully saturated rings. The quantitative estimate of drug-likeness (QED) is 0.459. The van der Waals surface area contributed by atoms with Crippen molar-refractivity contribution in [3.05, 3.63) is 55.4 Å². The Morgan fingerprint density at radius 3 is 2.91 bits per heavy atom. The van der Waals surface area contributed by atoms with Gasteiger partial charge < -0.3 is 4.74 Å². The van der Waals surface area contributed by atoms with E-state index in [1.807, 2.05) is 19.1 Å². The number of hydrogen-bond donors (Lipinski definition) is 1. The maximum absolute atomic E-state index is 11.6. The first kappa shape index (κ1) is 17.1. The van der Waals surface area contributed by atoms with E-state index < -0.39 is 10.8 Å². The van der Waals surface area contributed by atoms with Crippen LogP contribution in [-0.2, 0) is 4.79 Å². The fourth-order valence-corrected chi connectivity index (χ4v) is 2.88. The highest BCUT2D eigenvalue weighted by molar-refractivity contribution is 9.10. The Bertz CT molecular complexity index is 760. The Hall–Kier alpha value is -2.26. The molecular weight excluding hydrogens is 386 g/mol. The lowest BCUT2D eigenvalue weighted by molar-refractivity contribution is -0.380. The van der Waals surface area contributed by atoms with Crippen LogP contribution in [0.1, 0.15) is 10.4 Å². The third-order valence-corrected chi connectivity index (χ3v) is 4.21. The molecule has 0 saturated carbocycles. The monoisotopic (exact) mass is 397 g/mol. The highest BCUT2D eigenvalue weighted by Crippen LogP contribution is 2.25. The topological polar surface area (TPSA) is 93.8 Å². The van der Waals surface area contributed by atoms with Gasteiger partial charge in [-0.15, -0.1) is 0 Å². The van der Waals surface area contributed by atoms with Gasteiger partial charge in [0.15, 0.2) is 6.61 Å². The van der Waals surface area contributed by atoms with E-state index in [2.05, 4.69) is 26.5 Å². The molecule has 0 unspecified atom stereocenters. The molecular formula is C14H12BrN3O4S. The summed E-state index contributed by atoms with van der Waals surface area (Å²) in [6, 6.07) is 8.46. The van der Waals surface area contributed by atoms with E-state index in [1.54, 1.807) is 12.1 Å². The summed E-state index contributed by atoms with van der Waals surface area (Å²) in [5.41, 5.74) is 3.37. The van der Waals surface area contributed by atoms with E-state index in [4.69, 9.17) is 4.74 Å². The number of amides is 1. The van der Waals surface area contributed by atoms with Crippen molar-refractivity contribution in [1.82, 2.24) is 5.43 Å². The van der Waals surface area contributed by atoms with Crippen LogP contribution in [-0.4, -0.2) is 23.7 Å². The zero-order valence-corrected chi connectivity index (χ0v) is 14.4. The molecule has 0 aliphatic carbocycles. The number of carbonyl (C=O) groups is 1. The van der Waals surface area contributed by atoms with Crippen LogP contribution >= 0.6 is 27.3 Å². The standard InChI is InChI=1S/C14H12BrN3O4S/c1-9-2-4-12(11(15)6-9)22-8-13(19)17-16-7-10-3-5-14(23-10)18(20)21/h2-7H,8H2,1H3,(H,17,19)/b16-7+. The van der Waals surface area contributed by atoms with E-state index in [1.165, 1.54) is 12.3 Å². The van der Waals surface area contributed by atoms with Crippen LogP contribution in [0.25, 0.3) is 0 Å². The van der Waals surface area contributed by atoms with Gasteiger partial charge in [0.25, 0.3) is 5.91 Å². The molecule has 1 aromatic carbocycles. The molecule has 2 rings (SSSR count). The van der Waals surface area contributed by atoms with Crippen molar-refractivity contribution in [3.63, 3.8) is 0 Å². The molecule has 0 radical (unpaired) electrons. The summed E-state index contributed by atoms with van der Waals surface area (Å²) in [6.45, 7) is 1.76. The molecule has 0 aliphatic heterocycles. The highest BCUT2D eigenvalue weighted by Gasteiger charge is 2.08. The summed E-state index contributed by atoms with van der Waals surface area (Å²) in [5.74, 6) is 0.128. The van der Waals surface area contributed by atoms with Gasteiger partial charge in [0.2, 0.25) is 0 Å². The number of rotatable bonds is 6. The number of halogens is 1. The molecule has 1 aromatic heterocycles. The lowest BCUT2D eigenvalue weighted by Gasteiger charge is -2.07. The van der Waals surface area contributed by atoms with Crippen molar-refractivity contribution >= 4 is 44.4 Å². The number of nitrogens with one attached hydrogen (secondary N) is 1. The molecule has 9 heteroatoms. The largest absolute Gasteiger partial charge is 0.483 e. The first-order chi connectivity index (χ1) is 11.0. The van der Waals surface area contributed by atoms with Crippen molar-refractivity contribution < 1.29 is 14.5 Å². The van der Waals surface area contributed by atoms with Crippen LogP contribution in [0.5, 0.6) is 5.75 Å². The smallest absolute Gasteiger partial charge is 0.324 e. The number of ether oxygens (including phenoxy) is 1. The zero-order valence-electron chi connectivity index (χ0n) is 12.0. The third-order valence-electron chi connectivity index (χ3n) is 2.62. The van der Waals surface area contributed by atoms with Crippen molar-refractivity contribution in [3.8, 4) is 5.75 Å². The fraction of sp³-hybridized carbons (Fsp3) is 0.143. The molecule has 1 amide bonds. The predicted molar refractivity (Wildman–Crippen MR) is 91.1 cm³/mol. The van der Waals surface area contributed by atoms with Crippen LogP contribution in [0.3, 0.4) is 0 Å². The number of hydrazone groups is 1. The average Bonchev–Trinajstić information content (AvgIpc) is 2.95. The fourth-order valence-electron chi connectivity index (χ4n) is 1.58. The van der Waals surface area contributed by atoms with E-state index >= 15 is 0 Å². The van der Waals surface area contributed by atoms with Gasteiger partial charge >= 0.3 is 5.00 Å². The maximum atomic E-state index is 11.6. The normalized spacial score (nSPS) is 10.7. The number of nitro groups is 1. The third kappa shape index (κ3) is 5.15. The van der Waals surface area contributed by atoms with Crippen molar-refractivity contribution in [2.45, 2.75) is 6.92 Å². The summed E-state index contributed by atoms with van der Waals surface area (Å²) in [4.78, 5) is 22.3. The molecule has 1 N–H and O–H groups in total. The summed E-state index contributed by atoms with van der Waals surface area (Å²) < 4.78 is 6.14. The Kier molecular flexibility index (Phi) is 5.83. The minimum atomic E-state index is -0.478. The van der Waals surface area contributed by atoms with Crippen LogP contribution < -0.4 is 10.2 Å². The van der Waals surface area contributed by atoms with Gasteiger partial charge in [0.05, 0.1) is 20.5 Å². The van der Waals surface area contributed by atoms with E-state index in [-0.39, 0.29) is 11.6 Å². The molecule has 2 aromatic rings. The zero-order chi connectivity index (χ0) is 16.8. The van der Waals surface area contributed by atoms with Crippen molar-refractivity contribution in [2.24, 2.45) is 5.10 Å². The Morgan fingerprint density at radius 2 is 2.26 bits per heavy atom. The molecule has 120 valence electrons. The Balaban J connectivity index is 1.82. The molecule has 0 bridgehead atoms. The van der Waals surface area contributed by atoms with Crippen LogP contribution in [0.15, 0.2) is 39.9 Å². The highest BCUT2D eigenvalue weighted by atomic mass is 79.9. The first-order valence-corrected chi connectivity index (χ1v) is 8.02. The molecule has 1 heterocycles. The van der Waals surface area contributed by atoms with Gasteiger partial charge in [0, 0.05) is 6.07 Å². The van der Waals surface area contributed by atoms with Gasteiger partial charge in [-0.2, -0.15) is 5.10 Å². The van der Waals surface area contributed by atoms with Gasteiger partial charge in [0.1, 0.15) is 5.75 Å². The van der Waals surface area contributed by atoms with Crippen LogP contribution in [0.2, 0.25) is 0 Å². The predicted octanol–water partition coefficient (Wildman–Crippen LogP) is 3.26. The van der Waals surface area contributed by atoms with E-state index in [0.717, 1.165) is 21.4 Å². The number of aryl methyl sites for hydroxylation is 1. The van der Waals surface area contributed by atoms with Crippen LogP contribution in [0, 0.1) is 17.0 Å². The molecule has 0 spiro atoms. The number of benzene rings is 1. The second kappa shape index (κ2) is 7.84. The second-order valence-electron chi connectivity index (χ2n) is 4.45. The number of carbonyl (C=O) groups excluding carboxylic acids is 1. The molecule has 0 atom stereocenters. The van der Waals surface area contributed by atoms with Crippen LogP contribution in [0.4, 0.5) is 5.00 Å². The van der Waals surface area contributed by atoms with E-state index in [9.17, 15) is 14.9 Å². The van der Waals surface area contributed by atoms with Crippen molar-refractivity contribution in [2.75, 3.05) is 6.61 Å². The number of nitrogens with zero attached hydrogens (tertiary/aromatic N) is 2. The lowest BCUT2D eigenvalue weighted by atomic mass is 10.2. The summed E-state index contributed by atoms with van der Waals surface area (Å²) in [6.07, 6.45) is 1.34. The second-order valence-corrected chi connectivity index (χ2v) is 6.40. The van der Waals surface area contributed by atoms with Gasteiger partial charge in [-0.3, -0.25) is 14.9 Å².